The fraction of sp³-hybridized carbons (Fsp3) is 0.500. The quantitative estimate of drug-likeness (QED) is 0.468. The number of amides is 1. The molecule has 1 aromatic rings. The Kier molecular flexibility index (Phi) is 5.69. The number of aliphatic hydroxyl groups is 4. The minimum Gasteiger partial charge on any atom is -0.445 e. The van der Waals surface area contributed by atoms with Crippen molar-refractivity contribution in [2.75, 3.05) is 6.61 Å². The van der Waals surface area contributed by atoms with E-state index in [0.717, 1.165) is 5.56 Å². The van der Waals surface area contributed by atoms with Gasteiger partial charge < -0.3 is 35.2 Å². The normalized spacial score (nSPS) is 31.5. The molecule has 5 N–H and O–H groups in total. The highest BCUT2D eigenvalue weighted by atomic mass is 16.6. The van der Waals surface area contributed by atoms with E-state index in [0.29, 0.717) is 0 Å². The highest BCUT2D eigenvalue weighted by Gasteiger charge is 2.44. The van der Waals surface area contributed by atoms with Crippen LogP contribution in [0.15, 0.2) is 30.3 Å². The Labute approximate surface area is 126 Å². The number of alkyl carbamates (subject to hydrolysis) is 1. The largest absolute Gasteiger partial charge is 0.445 e. The predicted molar refractivity (Wildman–Crippen MR) is 73.5 cm³/mol. The van der Waals surface area contributed by atoms with Crippen LogP contribution in [0.4, 0.5) is 4.79 Å². The molecule has 1 aliphatic rings. The summed E-state index contributed by atoms with van der Waals surface area (Å²) in [6, 6.07) is 7.71. The summed E-state index contributed by atoms with van der Waals surface area (Å²) in [6.45, 7) is -0.547. The number of ether oxygens (including phenoxy) is 2. The lowest BCUT2D eigenvalue weighted by Gasteiger charge is -2.39. The minimum absolute atomic E-state index is 0.0221. The van der Waals surface area contributed by atoms with E-state index < -0.39 is 43.3 Å². The van der Waals surface area contributed by atoms with Crippen molar-refractivity contribution in [2.45, 2.75) is 37.3 Å². The van der Waals surface area contributed by atoms with Gasteiger partial charge >= 0.3 is 6.09 Å². The van der Waals surface area contributed by atoms with Crippen LogP contribution in [0, 0.1) is 0 Å². The fourth-order valence-electron chi connectivity index (χ4n) is 2.15. The molecule has 0 spiro atoms. The molecule has 8 heteroatoms. The molecule has 1 amide bonds. The van der Waals surface area contributed by atoms with Crippen LogP contribution >= 0.6 is 0 Å². The minimum atomic E-state index is -1.57. The molecule has 0 aliphatic carbocycles. The number of carbonyl (C=O) groups is 1. The molecule has 8 nitrogen and oxygen atoms in total. The monoisotopic (exact) mass is 313 g/mol. The Bertz CT molecular complexity index is 483. The van der Waals surface area contributed by atoms with Gasteiger partial charge in [0.1, 0.15) is 31.0 Å². The molecule has 0 saturated carbocycles. The van der Waals surface area contributed by atoms with Crippen LogP contribution in [-0.4, -0.2) is 63.8 Å². The lowest BCUT2D eigenvalue weighted by molar-refractivity contribution is -0.253. The van der Waals surface area contributed by atoms with E-state index >= 15 is 0 Å². The molecule has 1 heterocycles. The molecule has 1 saturated heterocycles. The summed E-state index contributed by atoms with van der Waals surface area (Å²) in [5.41, 5.74) is 0.777. The summed E-state index contributed by atoms with van der Waals surface area (Å²) >= 11 is 0. The van der Waals surface area contributed by atoms with Gasteiger partial charge in [0.2, 0.25) is 0 Å². The zero-order valence-electron chi connectivity index (χ0n) is 11.7. The van der Waals surface area contributed by atoms with Gasteiger partial charge in [-0.3, -0.25) is 0 Å². The molecule has 22 heavy (non-hydrogen) atoms. The van der Waals surface area contributed by atoms with E-state index in [1.165, 1.54) is 0 Å². The SMILES string of the molecule is O=C(NC1C(O)OC(CO)[C@@H](O)[C@@H]1O)OCc1ccccc1. The molecular formula is C14H19NO7. The summed E-state index contributed by atoms with van der Waals surface area (Å²) in [4.78, 5) is 11.7. The zero-order chi connectivity index (χ0) is 16.1. The standard InChI is InChI=1S/C14H19NO7/c16-6-9-11(17)12(18)10(13(19)22-9)15-14(20)21-7-8-4-2-1-3-5-8/h1-5,9-13,16-19H,6-7H2,(H,15,20)/t9?,10?,11-,12-,13?/m1/s1. The van der Waals surface area contributed by atoms with Crippen molar-refractivity contribution in [3.05, 3.63) is 35.9 Å². The van der Waals surface area contributed by atoms with Gasteiger partial charge in [0.25, 0.3) is 0 Å². The van der Waals surface area contributed by atoms with Crippen molar-refractivity contribution in [1.82, 2.24) is 5.32 Å². The van der Waals surface area contributed by atoms with Crippen LogP contribution in [0.3, 0.4) is 0 Å². The summed E-state index contributed by atoms with van der Waals surface area (Å²) in [6.07, 6.45) is -6.49. The van der Waals surface area contributed by atoms with Crippen molar-refractivity contribution in [2.24, 2.45) is 0 Å². The zero-order valence-corrected chi connectivity index (χ0v) is 11.7. The molecule has 0 radical (unpaired) electrons. The van der Waals surface area contributed by atoms with Crippen molar-refractivity contribution in [3.8, 4) is 0 Å². The van der Waals surface area contributed by atoms with Gasteiger partial charge in [0.15, 0.2) is 6.29 Å². The molecule has 0 bridgehead atoms. The third-order valence-corrected chi connectivity index (χ3v) is 3.40. The van der Waals surface area contributed by atoms with Gasteiger partial charge in [-0.25, -0.2) is 4.79 Å². The number of hydrogen-bond acceptors (Lipinski definition) is 7. The van der Waals surface area contributed by atoms with Crippen LogP contribution in [0.2, 0.25) is 0 Å². The topological polar surface area (TPSA) is 128 Å². The average molecular weight is 313 g/mol. The maximum Gasteiger partial charge on any atom is 0.407 e. The van der Waals surface area contributed by atoms with E-state index in [-0.39, 0.29) is 6.61 Å². The molecule has 3 unspecified atom stereocenters. The molecular weight excluding hydrogens is 294 g/mol. The van der Waals surface area contributed by atoms with Gasteiger partial charge in [-0.05, 0) is 5.56 Å². The number of nitrogens with one attached hydrogen (secondary N) is 1. The van der Waals surface area contributed by atoms with Crippen LogP contribution in [0.25, 0.3) is 0 Å². The first-order chi connectivity index (χ1) is 10.5. The Balaban J connectivity index is 1.87. The maximum absolute atomic E-state index is 11.7. The van der Waals surface area contributed by atoms with Gasteiger partial charge in [0, 0.05) is 0 Å². The van der Waals surface area contributed by atoms with E-state index in [1.54, 1.807) is 24.3 Å². The first-order valence-electron chi connectivity index (χ1n) is 6.80. The first-order valence-corrected chi connectivity index (χ1v) is 6.80. The summed E-state index contributed by atoms with van der Waals surface area (Å²) < 4.78 is 9.88. The third-order valence-electron chi connectivity index (χ3n) is 3.40. The summed E-state index contributed by atoms with van der Waals surface area (Å²) in [5.74, 6) is 0. The number of hydrogen-bond donors (Lipinski definition) is 5. The highest BCUT2D eigenvalue weighted by molar-refractivity contribution is 5.67. The van der Waals surface area contributed by atoms with Crippen LogP contribution in [-0.2, 0) is 16.1 Å². The Morgan fingerprint density at radius 1 is 1.18 bits per heavy atom. The van der Waals surface area contributed by atoms with Crippen LogP contribution in [0.5, 0.6) is 0 Å². The summed E-state index contributed by atoms with van der Waals surface area (Å²) in [5, 5.41) is 40.5. The van der Waals surface area contributed by atoms with Crippen LogP contribution in [0.1, 0.15) is 5.56 Å². The van der Waals surface area contributed by atoms with Gasteiger partial charge in [0.05, 0.1) is 6.61 Å². The second-order valence-electron chi connectivity index (χ2n) is 4.96. The Morgan fingerprint density at radius 2 is 1.86 bits per heavy atom. The number of rotatable bonds is 4. The average Bonchev–Trinajstić information content (AvgIpc) is 2.54. The molecule has 0 aromatic heterocycles. The second kappa shape index (κ2) is 7.52. The molecule has 2 rings (SSSR count). The molecule has 5 atom stereocenters. The van der Waals surface area contributed by atoms with Gasteiger partial charge in [-0.1, -0.05) is 30.3 Å². The fourth-order valence-corrected chi connectivity index (χ4v) is 2.15. The smallest absolute Gasteiger partial charge is 0.407 e. The van der Waals surface area contributed by atoms with Crippen LogP contribution < -0.4 is 5.32 Å². The number of benzene rings is 1. The molecule has 122 valence electrons. The Morgan fingerprint density at radius 3 is 2.50 bits per heavy atom. The van der Waals surface area contributed by atoms with E-state index in [4.69, 9.17) is 14.6 Å². The van der Waals surface area contributed by atoms with E-state index in [1.807, 2.05) is 6.07 Å². The van der Waals surface area contributed by atoms with Gasteiger partial charge in [-0.15, -0.1) is 0 Å². The molecule has 1 fully saturated rings. The van der Waals surface area contributed by atoms with Crippen molar-refractivity contribution in [3.63, 3.8) is 0 Å². The lowest BCUT2D eigenvalue weighted by Crippen LogP contribution is -2.64. The predicted octanol–water partition coefficient (Wildman–Crippen LogP) is -1.29. The Hall–Kier alpha value is -1.71. The third kappa shape index (κ3) is 3.93. The lowest BCUT2D eigenvalue weighted by atomic mass is 9.97. The van der Waals surface area contributed by atoms with Crippen molar-refractivity contribution >= 4 is 6.09 Å². The molecule has 1 aromatic carbocycles. The van der Waals surface area contributed by atoms with Crippen molar-refractivity contribution in [1.29, 1.82) is 0 Å². The number of aliphatic hydroxyl groups excluding tert-OH is 4. The van der Waals surface area contributed by atoms with Crippen molar-refractivity contribution < 1.29 is 34.7 Å². The molecule has 1 aliphatic heterocycles. The second-order valence-corrected chi connectivity index (χ2v) is 4.96. The number of carbonyl (C=O) groups excluding carboxylic acids is 1. The maximum atomic E-state index is 11.7. The summed E-state index contributed by atoms with van der Waals surface area (Å²) in [7, 11) is 0. The van der Waals surface area contributed by atoms with E-state index in [2.05, 4.69) is 5.32 Å². The van der Waals surface area contributed by atoms with E-state index in [9.17, 15) is 20.1 Å². The van der Waals surface area contributed by atoms with Gasteiger partial charge in [-0.2, -0.15) is 0 Å². The first kappa shape index (κ1) is 16.7. The highest BCUT2D eigenvalue weighted by Crippen LogP contribution is 2.19.